The molecule has 0 aliphatic heterocycles. The van der Waals surface area contributed by atoms with E-state index in [4.69, 9.17) is 22.2 Å². The van der Waals surface area contributed by atoms with E-state index in [1.54, 1.807) is 32.9 Å². The van der Waals surface area contributed by atoms with Crippen molar-refractivity contribution in [2.45, 2.75) is 32.8 Å². The highest BCUT2D eigenvalue weighted by Crippen LogP contribution is 2.29. The quantitative estimate of drug-likeness (QED) is 0.533. The summed E-state index contributed by atoms with van der Waals surface area (Å²) >= 11 is 0. The van der Waals surface area contributed by atoms with Crippen molar-refractivity contribution in [3.8, 4) is 29.5 Å². The van der Waals surface area contributed by atoms with Gasteiger partial charge in [0.2, 0.25) is 0 Å². The first kappa shape index (κ1) is 18.9. The number of ether oxygens (including phenoxy) is 1. The summed E-state index contributed by atoms with van der Waals surface area (Å²) in [5.74, 6) is 2.43. The summed E-state index contributed by atoms with van der Waals surface area (Å²) in [6.07, 6.45) is 4.92. The predicted octanol–water partition coefficient (Wildman–Crippen LogP) is 4.33. The zero-order valence-electron chi connectivity index (χ0n) is 15.1. The van der Waals surface area contributed by atoms with E-state index < -0.39 is 11.7 Å². The molecule has 0 radical (unpaired) electrons. The summed E-state index contributed by atoms with van der Waals surface area (Å²) in [5, 5.41) is 11.3. The standard InChI is InChI=1S/C15H17N3O2.C6H4/c1-5-11-8-10(6-7-16)9-12(13(11)17)18-14(19)20-15(2,3)4;1-2-6-4-3-5(1)6/h1,8-9H,6,17H2,2-4H3,(H,18,19);1-4H. The number of hydrogen-bond acceptors (Lipinski definition) is 4. The molecule has 0 aromatic heterocycles. The Morgan fingerprint density at radius 3 is 2.19 bits per heavy atom. The van der Waals surface area contributed by atoms with Crippen molar-refractivity contribution in [2.24, 2.45) is 0 Å². The van der Waals surface area contributed by atoms with Gasteiger partial charge in [0, 0.05) is 5.56 Å². The fourth-order valence-electron chi connectivity index (χ4n) is 2.21. The Kier molecular flexibility index (Phi) is 5.54. The molecule has 5 nitrogen and oxygen atoms in total. The van der Waals surface area contributed by atoms with Gasteiger partial charge in [-0.25, -0.2) is 4.79 Å². The Morgan fingerprint density at radius 2 is 1.81 bits per heavy atom. The second-order valence-electron chi connectivity index (χ2n) is 6.79. The molecule has 26 heavy (non-hydrogen) atoms. The summed E-state index contributed by atoms with van der Waals surface area (Å²) in [4.78, 5) is 11.7. The molecule has 1 amide bonds. The Morgan fingerprint density at radius 1 is 1.23 bits per heavy atom. The molecule has 2 aliphatic carbocycles. The van der Waals surface area contributed by atoms with Crippen LogP contribution in [0.15, 0.2) is 36.4 Å². The minimum atomic E-state index is -0.624. The van der Waals surface area contributed by atoms with Crippen LogP contribution in [0.5, 0.6) is 0 Å². The fourth-order valence-corrected chi connectivity index (χ4v) is 2.21. The van der Waals surface area contributed by atoms with Gasteiger partial charge in [-0.05, 0) is 49.6 Å². The van der Waals surface area contributed by atoms with Crippen LogP contribution in [0, 0.1) is 23.7 Å². The Balaban J connectivity index is 0.000000331. The number of nitrogen functional groups attached to an aromatic ring is 1. The summed E-state index contributed by atoms with van der Waals surface area (Å²) in [7, 11) is 0. The van der Waals surface area contributed by atoms with Crippen molar-refractivity contribution in [3.05, 3.63) is 47.5 Å². The first-order valence-electron chi connectivity index (χ1n) is 8.10. The van der Waals surface area contributed by atoms with Crippen LogP contribution < -0.4 is 11.1 Å². The third-order valence-electron chi connectivity index (χ3n) is 3.53. The minimum absolute atomic E-state index is 0.179. The maximum absolute atomic E-state index is 11.7. The molecule has 2 aliphatic rings. The van der Waals surface area contributed by atoms with Crippen molar-refractivity contribution in [3.63, 3.8) is 0 Å². The van der Waals surface area contributed by atoms with Crippen molar-refractivity contribution in [1.82, 2.24) is 0 Å². The topological polar surface area (TPSA) is 88.1 Å². The monoisotopic (exact) mass is 347 g/mol. The summed E-state index contributed by atoms with van der Waals surface area (Å²) in [6, 6.07) is 13.8. The minimum Gasteiger partial charge on any atom is -0.444 e. The molecule has 1 aromatic carbocycles. The van der Waals surface area contributed by atoms with E-state index in [9.17, 15) is 4.79 Å². The number of nitrogens with one attached hydrogen (secondary N) is 1. The first-order valence-corrected chi connectivity index (χ1v) is 8.10. The van der Waals surface area contributed by atoms with Crippen LogP contribution in [-0.4, -0.2) is 11.7 Å². The van der Waals surface area contributed by atoms with Crippen LogP contribution in [0.25, 0.3) is 11.1 Å². The highest BCUT2D eigenvalue weighted by atomic mass is 16.6. The molecule has 0 unspecified atom stereocenters. The summed E-state index contributed by atoms with van der Waals surface area (Å²) in [5.41, 5.74) is 9.85. The first-order chi connectivity index (χ1) is 12.2. The molecule has 3 N–H and O–H groups in total. The smallest absolute Gasteiger partial charge is 0.412 e. The van der Waals surface area contributed by atoms with Crippen molar-refractivity contribution >= 4 is 17.5 Å². The van der Waals surface area contributed by atoms with Gasteiger partial charge in [0.15, 0.2) is 0 Å². The number of carbonyl (C=O) groups is 1. The molecule has 0 atom stereocenters. The lowest BCUT2D eigenvalue weighted by Crippen LogP contribution is -2.27. The van der Waals surface area contributed by atoms with Crippen molar-refractivity contribution < 1.29 is 9.53 Å². The third-order valence-corrected chi connectivity index (χ3v) is 3.53. The van der Waals surface area contributed by atoms with Gasteiger partial charge in [0.05, 0.1) is 23.9 Å². The van der Waals surface area contributed by atoms with E-state index in [1.165, 1.54) is 11.1 Å². The normalized spacial score (nSPS) is 10.5. The number of anilines is 2. The van der Waals surface area contributed by atoms with Gasteiger partial charge in [0.25, 0.3) is 0 Å². The lowest BCUT2D eigenvalue weighted by atomic mass is 9.95. The third kappa shape index (κ3) is 4.78. The van der Waals surface area contributed by atoms with Gasteiger partial charge in [-0.2, -0.15) is 5.26 Å². The molecule has 0 heterocycles. The zero-order valence-corrected chi connectivity index (χ0v) is 15.1. The number of nitriles is 1. The molecule has 3 rings (SSSR count). The lowest BCUT2D eigenvalue weighted by molar-refractivity contribution is 0.0636. The lowest BCUT2D eigenvalue weighted by Gasteiger charge is -2.20. The van der Waals surface area contributed by atoms with E-state index in [0.717, 1.165) is 0 Å². The molecule has 132 valence electrons. The summed E-state index contributed by atoms with van der Waals surface area (Å²) < 4.78 is 5.15. The van der Waals surface area contributed by atoms with Gasteiger partial charge < -0.3 is 10.5 Å². The van der Waals surface area contributed by atoms with Gasteiger partial charge >= 0.3 is 6.09 Å². The number of nitrogens with two attached hydrogens (primary N) is 1. The number of carbonyl (C=O) groups excluding carboxylic acids is 1. The highest BCUT2D eigenvalue weighted by Gasteiger charge is 2.18. The highest BCUT2D eigenvalue weighted by molar-refractivity contribution is 5.91. The zero-order chi connectivity index (χ0) is 19.3. The molecule has 0 saturated heterocycles. The second-order valence-corrected chi connectivity index (χ2v) is 6.79. The van der Waals surface area contributed by atoms with E-state index in [1.807, 2.05) is 6.07 Å². The van der Waals surface area contributed by atoms with Gasteiger partial charge in [-0.15, -0.1) is 6.42 Å². The van der Waals surface area contributed by atoms with Crippen LogP contribution in [0.2, 0.25) is 0 Å². The SMILES string of the molecule is C#Cc1cc(CC#N)cc(NC(=O)OC(C)(C)C)c1N.c1cc2ccc1-2. The van der Waals surface area contributed by atoms with Crippen LogP contribution in [-0.2, 0) is 11.2 Å². The molecule has 1 aromatic rings. The van der Waals surface area contributed by atoms with Crippen molar-refractivity contribution in [1.29, 1.82) is 5.26 Å². The number of hydrogen-bond donors (Lipinski definition) is 2. The number of nitrogens with zero attached hydrogens (tertiary/aromatic N) is 1. The number of terminal acetylenes is 1. The maximum atomic E-state index is 11.7. The second kappa shape index (κ2) is 7.63. The average molecular weight is 347 g/mol. The molecule has 0 bridgehead atoms. The maximum Gasteiger partial charge on any atom is 0.412 e. The Hall–Kier alpha value is -3.44. The van der Waals surface area contributed by atoms with Crippen LogP contribution in [0.3, 0.4) is 0 Å². The van der Waals surface area contributed by atoms with E-state index in [2.05, 4.69) is 35.5 Å². The molecule has 0 fully saturated rings. The number of fused-ring (bicyclic) bond motifs is 1. The van der Waals surface area contributed by atoms with Crippen LogP contribution in [0.4, 0.5) is 16.2 Å². The summed E-state index contributed by atoms with van der Waals surface area (Å²) in [6.45, 7) is 5.28. The van der Waals surface area contributed by atoms with Crippen molar-refractivity contribution in [2.75, 3.05) is 11.1 Å². The Bertz CT molecular complexity index is 874. The largest absolute Gasteiger partial charge is 0.444 e. The van der Waals surface area contributed by atoms with E-state index in [0.29, 0.717) is 16.8 Å². The molecule has 0 spiro atoms. The molecular formula is C21H21N3O2. The molecular weight excluding hydrogens is 326 g/mol. The Labute approximate surface area is 153 Å². The van der Waals surface area contributed by atoms with Gasteiger partial charge in [-0.1, -0.05) is 30.2 Å². The molecule has 0 saturated carbocycles. The predicted molar refractivity (Wildman–Crippen MR) is 103 cm³/mol. The van der Waals surface area contributed by atoms with E-state index in [-0.39, 0.29) is 12.1 Å². The van der Waals surface area contributed by atoms with Crippen LogP contribution in [0.1, 0.15) is 31.9 Å². The van der Waals surface area contributed by atoms with Crippen LogP contribution >= 0.6 is 0 Å². The van der Waals surface area contributed by atoms with E-state index >= 15 is 0 Å². The fraction of sp³-hybridized carbons (Fsp3) is 0.238. The number of benzene rings is 2. The number of amides is 1. The van der Waals surface area contributed by atoms with Gasteiger partial charge in [0.1, 0.15) is 5.60 Å². The van der Waals surface area contributed by atoms with Gasteiger partial charge in [-0.3, -0.25) is 5.32 Å². The number of rotatable bonds is 2. The molecule has 5 heteroatoms. The average Bonchev–Trinajstić information content (AvgIpc) is 2.52.